The second kappa shape index (κ2) is 3.91. The zero-order valence-corrected chi connectivity index (χ0v) is 8.66. The summed E-state index contributed by atoms with van der Waals surface area (Å²) in [5.41, 5.74) is 7.75. The summed E-state index contributed by atoms with van der Waals surface area (Å²) in [4.78, 5) is 0. The molecule has 0 aromatic heterocycles. The summed E-state index contributed by atoms with van der Waals surface area (Å²) in [7, 11) is 0. The number of hydrogen-bond donors (Lipinski definition) is 2. The van der Waals surface area contributed by atoms with Crippen LogP contribution < -0.4 is 11.1 Å². The summed E-state index contributed by atoms with van der Waals surface area (Å²) in [5, 5.41) is 3.41. The van der Waals surface area contributed by atoms with Crippen molar-refractivity contribution >= 4 is 11.4 Å². The van der Waals surface area contributed by atoms with Gasteiger partial charge in [-0.05, 0) is 36.8 Å². The number of rotatable bonds is 4. The highest BCUT2D eigenvalue weighted by Gasteiger charge is 2.27. The zero-order valence-electron chi connectivity index (χ0n) is 8.66. The van der Waals surface area contributed by atoms with Crippen LogP contribution in [0.15, 0.2) is 24.3 Å². The molecule has 0 saturated heterocycles. The lowest BCUT2D eigenvalue weighted by atomic mass is 10.1. The highest BCUT2D eigenvalue weighted by molar-refractivity contribution is 5.65. The molecular weight excluding hydrogens is 172 g/mol. The molecule has 1 aliphatic rings. The van der Waals surface area contributed by atoms with Gasteiger partial charge >= 0.3 is 0 Å². The molecule has 0 spiro atoms. The maximum atomic E-state index is 5.84. The molecule has 1 aliphatic carbocycles. The fraction of sp³-hybridized carbons (Fsp3) is 0.500. The van der Waals surface area contributed by atoms with Gasteiger partial charge in [-0.3, -0.25) is 0 Å². The van der Waals surface area contributed by atoms with Crippen molar-refractivity contribution in [2.24, 2.45) is 11.8 Å². The second-order valence-corrected chi connectivity index (χ2v) is 4.28. The van der Waals surface area contributed by atoms with Gasteiger partial charge in [-0.15, -0.1) is 0 Å². The zero-order chi connectivity index (χ0) is 9.97. The molecule has 0 aliphatic heterocycles. The molecule has 1 unspecified atom stereocenters. The smallest absolute Gasteiger partial charge is 0.0573 e. The summed E-state index contributed by atoms with van der Waals surface area (Å²) >= 11 is 0. The first kappa shape index (κ1) is 9.38. The molecule has 1 aromatic rings. The minimum Gasteiger partial charge on any atom is -0.397 e. The van der Waals surface area contributed by atoms with Gasteiger partial charge in [0.15, 0.2) is 0 Å². The Balaban J connectivity index is 1.87. The van der Waals surface area contributed by atoms with Gasteiger partial charge in [-0.25, -0.2) is 0 Å². The number of benzene rings is 1. The quantitative estimate of drug-likeness (QED) is 0.716. The average molecular weight is 190 g/mol. The van der Waals surface area contributed by atoms with Crippen LogP contribution in [0.3, 0.4) is 0 Å². The van der Waals surface area contributed by atoms with Gasteiger partial charge in [0.05, 0.1) is 11.4 Å². The van der Waals surface area contributed by atoms with E-state index in [0.717, 1.165) is 29.8 Å². The predicted octanol–water partition coefficient (Wildman–Crippen LogP) is 2.73. The number of anilines is 2. The van der Waals surface area contributed by atoms with E-state index in [4.69, 9.17) is 5.73 Å². The lowest BCUT2D eigenvalue weighted by molar-refractivity contribution is 0.537. The van der Waals surface area contributed by atoms with Gasteiger partial charge in [0.1, 0.15) is 0 Å². The van der Waals surface area contributed by atoms with Crippen LogP contribution >= 0.6 is 0 Å². The van der Waals surface area contributed by atoms with Crippen molar-refractivity contribution in [3.63, 3.8) is 0 Å². The number of nitrogens with two attached hydrogens (primary N) is 1. The third kappa shape index (κ3) is 2.19. The summed E-state index contributed by atoms with van der Waals surface area (Å²) in [5.74, 6) is 1.72. The van der Waals surface area contributed by atoms with Gasteiger partial charge in [0.25, 0.3) is 0 Å². The van der Waals surface area contributed by atoms with Gasteiger partial charge in [-0.1, -0.05) is 19.1 Å². The van der Waals surface area contributed by atoms with Crippen molar-refractivity contribution < 1.29 is 0 Å². The molecule has 0 amide bonds. The van der Waals surface area contributed by atoms with Crippen molar-refractivity contribution in [2.75, 3.05) is 17.6 Å². The maximum absolute atomic E-state index is 5.84. The summed E-state index contributed by atoms with van der Waals surface area (Å²) < 4.78 is 0. The largest absolute Gasteiger partial charge is 0.397 e. The maximum Gasteiger partial charge on any atom is 0.0573 e. The summed E-state index contributed by atoms with van der Waals surface area (Å²) in [6.07, 6.45) is 2.82. The molecule has 1 atom stereocenters. The van der Waals surface area contributed by atoms with E-state index in [2.05, 4.69) is 12.2 Å². The molecule has 0 radical (unpaired) electrons. The van der Waals surface area contributed by atoms with Gasteiger partial charge in [-0.2, -0.15) is 0 Å². The first-order valence-electron chi connectivity index (χ1n) is 5.36. The Morgan fingerprint density at radius 3 is 2.79 bits per heavy atom. The van der Waals surface area contributed by atoms with Crippen LogP contribution in [0.1, 0.15) is 19.8 Å². The number of para-hydroxylation sites is 2. The van der Waals surface area contributed by atoms with Gasteiger partial charge in [0.2, 0.25) is 0 Å². The third-order valence-electron chi connectivity index (χ3n) is 3.00. The molecule has 3 N–H and O–H groups in total. The lowest BCUT2D eigenvalue weighted by Gasteiger charge is -2.13. The van der Waals surface area contributed by atoms with Crippen molar-refractivity contribution in [2.45, 2.75) is 19.8 Å². The van der Waals surface area contributed by atoms with Crippen LogP contribution in [0.4, 0.5) is 11.4 Å². The monoisotopic (exact) mass is 190 g/mol. The Bertz CT molecular complexity index is 305. The number of nitrogen functional groups attached to an aromatic ring is 1. The van der Waals surface area contributed by atoms with Crippen LogP contribution in [0.25, 0.3) is 0 Å². The summed E-state index contributed by atoms with van der Waals surface area (Å²) in [6.45, 7) is 3.35. The second-order valence-electron chi connectivity index (χ2n) is 4.28. The Morgan fingerprint density at radius 1 is 1.43 bits per heavy atom. The third-order valence-corrected chi connectivity index (χ3v) is 3.00. The minimum absolute atomic E-state index is 0.773. The molecule has 0 heterocycles. The predicted molar refractivity (Wildman–Crippen MR) is 61.2 cm³/mol. The Kier molecular flexibility index (Phi) is 2.62. The van der Waals surface area contributed by atoms with E-state index in [1.165, 1.54) is 12.8 Å². The average Bonchev–Trinajstić information content (AvgIpc) is 2.99. The fourth-order valence-electron chi connectivity index (χ4n) is 1.76. The lowest BCUT2D eigenvalue weighted by Crippen LogP contribution is -2.13. The highest BCUT2D eigenvalue weighted by atomic mass is 14.9. The number of nitrogens with one attached hydrogen (secondary N) is 1. The van der Waals surface area contributed by atoms with Crippen LogP contribution in [0.2, 0.25) is 0 Å². The van der Waals surface area contributed by atoms with E-state index >= 15 is 0 Å². The van der Waals surface area contributed by atoms with Crippen molar-refractivity contribution in [1.82, 2.24) is 0 Å². The number of hydrogen-bond acceptors (Lipinski definition) is 2. The SMILES string of the molecule is CC(CNc1ccccc1N)C1CC1. The standard InChI is InChI=1S/C12H18N2/c1-9(10-6-7-10)8-14-12-5-3-2-4-11(12)13/h2-5,9-10,14H,6-8,13H2,1H3. The highest BCUT2D eigenvalue weighted by Crippen LogP contribution is 2.36. The summed E-state index contributed by atoms with van der Waals surface area (Å²) in [6, 6.07) is 7.95. The molecule has 1 fully saturated rings. The molecule has 2 nitrogen and oxygen atoms in total. The van der Waals surface area contributed by atoms with E-state index in [1.54, 1.807) is 0 Å². The Morgan fingerprint density at radius 2 is 2.14 bits per heavy atom. The minimum atomic E-state index is 0.773. The van der Waals surface area contributed by atoms with Crippen molar-refractivity contribution in [3.05, 3.63) is 24.3 Å². The normalized spacial score (nSPS) is 17.8. The van der Waals surface area contributed by atoms with Crippen molar-refractivity contribution in [1.29, 1.82) is 0 Å². The molecule has 76 valence electrons. The molecular formula is C12H18N2. The molecule has 1 aromatic carbocycles. The molecule has 2 rings (SSSR count). The topological polar surface area (TPSA) is 38.0 Å². The van der Waals surface area contributed by atoms with E-state index in [-0.39, 0.29) is 0 Å². The first-order chi connectivity index (χ1) is 6.77. The van der Waals surface area contributed by atoms with Crippen LogP contribution in [-0.4, -0.2) is 6.54 Å². The molecule has 1 saturated carbocycles. The van der Waals surface area contributed by atoms with Crippen LogP contribution in [0, 0.1) is 11.8 Å². The Labute approximate surface area is 85.5 Å². The van der Waals surface area contributed by atoms with E-state index in [0.29, 0.717) is 0 Å². The van der Waals surface area contributed by atoms with Gasteiger partial charge < -0.3 is 11.1 Å². The fourth-order valence-corrected chi connectivity index (χ4v) is 1.76. The van der Waals surface area contributed by atoms with E-state index < -0.39 is 0 Å². The molecule has 14 heavy (non-hydrogen) atoms. The van der Waals surface area contributed by atoms with Gasteiger partial charge in [0, 0.05) is 6.54 Å². The van der Waals surface area contributed by atoms with Crippen LogP contribution in [0.5, 0.6) is 0 Å². The van der Waals surface area contributed by atoms with E-state index in [9.17, 15) is 0 Å². The van der Waals surface area contributed by atoms with E-state index in [1.807, 2.05) is 24.3 Å². The molecule has 0 bridgehead atoms. The molecule has 2 heteroatoms. The Hall–Kier alpha value is -1.18. The van der Waals surface area contributed by atoms with Crippen molar-refractivity contribution in [3.8, 4) is 0 Å². The first-order valence-corrected chi connectivity index (χ1v) is 5.36. The van der Waals surface area contributed by atoms with Crippen LogP contribution in [-0.2, 0) is 0 Å².